The minimum absolute atomic E-state index is 0. The minimum atomic E-state index is -3.81. The number of carboxylic acid groups (broad SMARTS) is 1. The van der Waals surface area contributed by atoms with Crippen LogP contribution in [-0.2, 0) is 14.8 Å². The predicted octanol–water partition coefficient (Wildman–Crippen LogP) is 0.822. The van der Waals surface area contributed by atoms with E-state index in [-0.39, 0.29) is 34.5 Å². The van der Waals surface area contributed by atoms with Gasteiger partial charge in [0.1, 0.15) is 6.54 Å². The second kappa shape index (κ2) is 6.49. The van der Waals surface area contributed by atoms with E-state index in [2.05, 4.69) is 0 Å². The Morgan fingerprint density at radius 3 is 2.42 bits per heavy atom. The van der Waals surface area contributed by atoms with Crippen molar-refractivity contribution in [3.05, 3.63) is 42.5 Å². The van der Waals surface area contributed by atoms with Gasteiger partial charge in [0.05, 0.1) is 4.90 Å². The molecule has 0 atom stereocenters. The van der Waals surface area contributed by atoms with Crippen LogP contribution < -0.4 is 4.72 Å². The largest absolute Gasteiger partial charge is 0.480 e. The molecule has 95 valence electrons. The van der Waals surface area contributed by atoms with Crippen molar-refractivity contribution >= 4 is 56.3 Å². The first-order valence-corrected chi connectivity index (χ1v) is 6.68. The Morgan fingerprint density at radius 1 is 1.11 bits per heavy atom. The van der Waals surface area contributed by atoms with Crippen molar-refractivity contribution < 1.29 is 18.3 Å². The maximum atomic E-state index is 12.0. The molecule has 0 saturated heterocycles. The number of hydrogen-bond acceptors (Lipinski definition) is 3. The number of benzene rings is 2. The summed E-state index contributed by atoms with van der Waals surface area (Å²) in [5, 5.41) is 9.87. The van der Waals surface area contributed by atoms with Gasteiger partial charge < -0.3 is 5.11 Å². The molecular weight excluding hydrogens is 277 g/mol. The zero-order valence-electron chi connectivity index (χ0n) is 10.3. The van der Waals surface area contributed by atoms with E-state index in [0.717, 1.165) is 5.39 Å². The second-order valence-electron chi connectivity index (χ2n) is 3.70. The number of sulfonamides is 1. The van der Waals surface area contributed by atoms with Crippen LogP contribution in [-0.4, -0.2) is 55.6 Å². The van der Waals surface area contributed by atoms with Crippen molar-refractivity contribution in [3.8, 4) is 0 Å². The average molecular weight is 288 g/mol. The van der Waals surface area contributed by atoms with Crippen LogP contribution in [0.4, 0.5) is 0 Å². The molecule has 5 nitrogen and oxygen atoms in total. The van der Waals surface area contributed by atoms with Crippen molar-refractivity contribution in [2.45, 2.75) is 4.90 Å². The van der Waals surface area contributed by atoms with Crippen molar-refractivity contribution in [3.63, 3.8) is 0 Å². The van der Waals surface area contributed by atoms with E-state index in [9.17, 15) is 13.2 Å². The standard InChI is InChI=1S/C12H11NO4S.Na/c14-12(15)8-13-18(16,17)11-7-3-5-9-4-1-2-6-10(9)11;/h1-7,13H,8H2,(H,14,15);. The Balaban J connectivity index is 0.00000180. The van der Waals surface area contributed by atoms with Crippen LogP contribution in [0.2, 0.25) is 0 Å². The Bertz CT molecular complexity index is 694. The first-order valence-electron chi connectivity index (χ1n) is 5.20. The fourth-order valence-corrected chi connectivity index (χ4v) is 2.87. The van der Waals surface area contributed by atoms with Gasteiger partial charge in [-0.25, -0.2) is 8.42 Å². The van der Waals surface area contributed by atoms with E-state index in [1.54, 1.807) is 30.3 Å². The Morgan fingerprint density at radius 2 is 1.74 bits per heavy atom. The number of nitrogens with one attached hydrogen (secondary N) is 1. The average Bonchev–Trinajstić information content (AvgIpc) is 2.36. The van der Waals surface area contributed by atoms with E-state index in [1.807, 2.05) is 10.8 Å². The smallest absolute Gasteiger partial charge is 0.318 e. The van der Waals surface area contributed by atoms with Crippen molar-refractivity contribution in [1.82, 2.24) is 4.72 Å². The van der Waals surface area contributed by atoms with Gasteiger partial charge in [0.25, 0.3) is 0 Å². The molecule has 0 aromatic heterocycles. The predicted molar refractivity (Wildman–Crippen MR) is 72.5 cm³/mol. The maximum Gasteiger partial charge on any atom is 0.318 e. The van der Waals surface area contributed by atoms with Crippen LogP contribution in [0, 0.1) is 0 Å². The van der Waals surface area contributed by atoms with Gasteiger partial charge in [-0.1, -0.05) is 36.4 Å². The summed E-state index contributed by atoms with van der Waals surface area (Å²) in [5.74, 6) is -1.22. The second-order valence-corrected chi connectivity index (χ2v) is 5.43. The molecule has 0 aliphatic heterocycles. The molecule has 0 aliphatic carbocycles. The molecule has 2 N–H and O–H groups in total. The Hall–Kier alpha value is -0.920. The quantitative estimate of drug-likeness (QED) is 0.816. The van der Waals surface area contributed by atoms with Gasteiger partial charge in [-0.15, -0.1) is 0 Å². The molecule has 0 fully saturated rings. The van der Waals surface area contributed by atoms with Gasteiger partial charge in [-0.05, 0) is 11.5 Å². The van der Waals surface area contributed by atoms with Gasteiger partial charge in [0, 0.05) is 34.9 Å². The van der Waals surface area contributed by atoms with Crippen molar-refractivity contribution in [1.29, 1.82) is 0 Å². The van der Waals surface area contributed by atoms with E-state index < -0.39 is 22.5 Å². The van der Waals surface area contributed by atoms with Gasteiger partial charge in [0.2, 0.25) is 10.0 Å². The molecule has 0 unspecified atom stereocenters. The van der Waals surface area contributed by atoms with Crippen molar-refractivity contribution in [2.75, 3.05) is 6.54 Å². The zero-order valence-corrected chi connectivity index (χ0v) is 13.1. The molecule has 2 rings (SSSR count). The van der Waals surface area contributed by atoms with Gasteiger partial charge in [-0.2, -0.15) is 4.72 Å². The van der Waals surface area contributed by atoms with E-state index in [1.165, 1.54) is 6.07 Å². The Labute approximate surface area is 133 Å². The van der Waals surface area contributed by atoms with Crippen LogP contribution in [0.1, 0.15) is 0 Å². The molecule has 0 amide bonds. The van der Waals surface area contributed by atoms with Gasteiger partial charge in [0.15, 0.2) is 0 Å². The fraction of sp³-hybridized carbons (Fsp3) is 0.0833. The summed E-state index contributed by atoms with van der Waals surface area (Å²) < 4.78 is 26.0. The first-order chi connectivity index (χ1) is 8.50. The molecular formula is C12H11NNaO4S. The molecule has 2 aromatic carbocycles. The number of carboxylic acids is 1. The monoisotopic (exact) mass is 288 g/mol. The molecule has 0 heterocycles. The first kappa shape index (κ1) is 16.1. The summed E-state index contributed by atoms with van der Waals surface area (Å²) >= 11 is 0. The van der Waals surface area contributed by atoms with E-state index >= 15 is 0 Å². The van der Waals surface area contributed by atoms with Crippen LogP contribution in [0.25, 0.3) is 10.8 Å². The molecule has 2 aromatic rings. The molecule has 0 bridgehead atoms. The maximum absolute atomic E-state index is 12.0. The molecule has 1 radical (unpaired) electrons. The molecule has 7 heteroatoms. The summed E-state index contributed by atoms with van der Waals surface area (Å²) in [6.07, 6.45) is 0. The van der Waals surface area contributed by atoms with Gasteiger partial charge >= 0.3 is 5.97 Å². The summed E-state index contributed by atoms with van der Waals surface area (Å²) in [7, 11) is -3.81. The SMILES string of the molecule is O=C(O)CNS(=O)(=O)c1cccc2ccccc12.[Na]. The fourth-order valence-electron chi connectivity index (χ4n) is 1.66. The number of rotatable bonds is 4. The topological polar surface area (TPSA) is 83.5 Å². The number of hydrogen-bond donors (Lipinski definition) is 2. The van der Waals surface area contributed by atoms with Crippen LogP contribution in [0.5, 0.6) is 0 Å². The third kappa shape index (κ3) is 3.77. The summed E-state index contributed by atoms with van der Waals surface area (Å²) in [6.45, 7) is -0.633. The van der Waals surface area contributed by atoms with E-state index in [4.69, 9.17) is 5.11 Å². The number of fused-ring (bicyclic) bond motifs is 1. The van der Waals surface area contributed by atoms with Crippen LogP contribution in [0.15, 0.2) is 47.4 Å². The third-order valence-electron chi connectivity index (χ3n) is 2.45. The summed E-state index contributed by atoms with van der Waals surface area (Å²) in [6, 6.07) is 11.9. The third-order valence-corrected chi connectivity index (χ3v) is 3.91. The summed E-state index contributed by atoms with van der Waals surface area (Å²) in [5.41, 5.74) is 0. The molecule has 0 saturated carbocycles. The molecule has 0 aliphatic rings. The summed E-state index contributed by atoms with van der Waals surface area (Å²) in [4.78, 5) is 10.5. The van der Waals surface area contributed by atoms with Crippen LogP contribution in [0.3, 0.4) is 0 Å². The number of carbonyl (C=O) groups is 1. The van der Waals surface area contributed by atoms with Crippen LogP contribution >= 0.6 is 0 Å². The Kier molecular flexibility index (Phi) is 5.51. The minimum Gasteiger partial charge on any atom is -0.480 e. The van der Waals surface area contributed by atoms with Crippen molar-refractivity contribution in [2.24, 2.45) is 0 Å². The zero-order chi connectivity index (χ0) is 13.2. The normalized spacial score (nSPS) is 10.9. The van der Waals surface area contributed by atoms with E-state index in [0.29, 0.717) is 5.39 Å². The van der Waals surface area contributed by atoms with Gasteiger partial charge in [-0.3, -0.25) is 4.79 Å². The molecule has 19 heavy (non-hydrogen) atoms. The number of aliphatic carboxylic acids is 1. The molecule has 0 spiro atoms.